The lowest BCUT2D eigenvalue weighted by atomic mass is 9.96. The Kier molecular flexibility index (Phi) is 6.85. The minimum atomic E-state index is -0.178. The second kappa shape index (κ2) is 9.32. The second-order valence-corrected chi connectivity index (χ2v) is 7.15. The number of ether oxygens (including phenoxy) is 2. The van der Waals surface area contributed by atoms with Crippen LogP contribution in [0.2, 0.25) is 0 Å². The van der Waals surface area contributed by atoms with Crippen LogP contribution in [0.1, 0.15) is 50.2 Å². The lowest BCUT2D eigenvalue weighted by molar-refractivity contribution is 0.0326. The monoisotopic (exact) mass is 365 g/mol. The van der Waals surface area contributed by atoms with E-state index in [0.717, 1.165) is 83.3 Å². The van der Waals surface area contributed by atoms with Gasteiger partial charge in [-0.3, -0.25) is 4.90 Å². The first-order valence-corrected chi connectivity index (χ1v) is 9.79. The number of piperidine rings is 1. The molecule has 3 rings (SSSR count). The van der Waals surface area contributed by atoms with Gasteiger partial charge in [0.1, 0.15) is 11.6 Å². The minimum absolute atomic E-state index is 0.178. The lowest BCUT2D eigenvalue weighted by Crippen LogP contribution is -2.39. The van der Waals surface area contributed by atoms with Crippen molar-refractivity contribution in [2.75, 3.05) is 46.0 Å². The van der Waals surface area contributed by atoms with Gasteiger partial charge in [0, 0.05) is 39.1 Å². The molecule has 1 amide bonds. The van der Waals surface area contributed by atoms with Crippen molar-refractivity contribution in [1.29, 1.82) is 0 Å². The third-order valence-electron chi connectivity index (χ3n) is 5.31. The summed E-state index contributed by atoms with van der Waals surface area (Å²) in [5, 5.41) is 8.87. The van der Waals surface area contributed by atoms with Crippen molar-refractivity contribution in [2.45, 2.75) is 45.1 Å². The molecule has 0 radical (unpaired) electrons. The smallest absolute Gasteiger partial charge is 0.409 e. The van der Waals surface area contributed by atoms with E-state index < -0.39 is 0 Å². The van der Waals surface area contributed by atoms with E-state index >= 15 is 0 Å². The zero-order valence-electron chi connectivity index (χ0n) is 16.0. The highest BCUT2D eigenvalue weighted by molar-refractivity contribution is 5.67. The molecule has 146 valence electrons. The minimum Gasteiger partial charge on any atom is -0.449 e. The fourth-order valence-corrected chi connectivity index (χ4v) is 3.54. The molecule has 0 unspecified atom stereocenters. The third-order valence-corrected chi connectivity index (χ3v) is 5.31. The van der Waals surface area contributed by atoms with E-state index in [-0.39, 0.29) is 6.09 Å². The molecule has 0 aliphatic carbocycles. The summed E-state index contributed by atoms with van der Waals surface area (Å²) in [7, 11) is 2.05. The van der Waals surface area contributed by atoms with Gasteiger partial charge < -0.3 is 18.9 Å². The number of unbranched alkanes of at least 4 members (excludes halogenated alkanes) is 1. The standard InChI is InChI=1S/C18H31N5O3/c1-3-4-11-26-18(24)23-7-5-15(6-8-23)17-20-19-16(21(17)2)14-22-9-12-25-13-10-22/h15H,3-14H2,1-2H3. The number of aromatic nitrogens is 3. The van der Waals surface area contributed by atoms with Crippen LogP contribution >= 0.6 is 0 Å². The Morgan fingerprint density at radius 3 is 2.62 bits per heavy atom. The number of carbonyl (C=O) groups is 1. The maximum Gasteiger partial charge on any atom is 0.409 e. The first kappa shape index (κ1) is 19.1. The van der Waals surface area contributed by atoms with Crippen LogP contribution in [-0.4, -0.2) is 76.7 Å². The predicted octanol–water partition coefficient (Wildman–Crippen LogP) is 1.76. The van der Waals surface area contributed by atoms with Gasteiger partial charge in [-0.25, -0.2) is 4.79 Å². The van der Waals surface area contributed by atoms with Gasteiger partial charge in [-0.2, -0.15) is 0 Å². The molecule has 0 bridgehead atoms. The van der Waals surface area contributed by atoms with Crippen LogP contribution < -0.4 is 0 Å². The van der Waals surface area contributed by atoms with Gasteiger partial charge in [-0.05, 0) is 19.3 Å². The SMILES string of the molecule is CCCCOC(=O)N1CCC(c2nnc(CN3CCOCC3)n2C)CC1. The van der Waals surface area contributed by atoms with E-state index in [4.69, 9.17) is 9.47 Å². The zero-order chi connectivity index (χ0) is 18.4. The summed E-state index contributed by atoms with van der Waals surface area (Å²) in [6, 6.07) is 0. The molecule has 2 fully saturated rings. The molecular weight excluding hydrogens is 334 g/mol. The van der Waals surface area contributed by atoms with Crippen molar-refractivity contribution >= 4 is 6.09 Å². The molecule has 1 aromatic heterocycles. The van der Waals surface area contributed by atoms with Crippen LogP contribution in [0.15, 0.2) is 0 Å². The largest absolute Gasteiger partial charge is 0.449 e. The van der Waals surface area contributed by atoms with Crippen molar-refractivity contribution in [1.82, 2.24) is 24.6 Å². The van der Waals surface area contributed by atoms with Crippen molar-refractivity contribution in [2.24, 2.45) is 7.05 Å². The highest BCUT2D eigenvalue weighted by Gasteiger charge is 2.28. The first-order valence-electron chi connectivity index (χ1n) is 9.79. The Morgan fingerprint density at radius 1 is 1.19 bits per heavy atom. The average molecular weight is 365 g/mol. The van der Waals surface area contributed by atoms with Gasteiger partial charge in [0.05, 0.1) is 26.4 Å². The number of likely N-dealkylation sites (tertiary alicyclic amines) is 1. The Hall–Kier alpha value is -1.67. The normalized spacial score (nSPS) is 19.7. The molecule has 1 aromatic rings. The van der Waals surface area contributed by atoms with Gasteiger partial charge >= 0.3 is 6.09 Å². The molecule has 2 saturated heterocycles. The van der Waals surface area contributed by atoms with E-state index in [9.17, 15) is 4.79 Å². The van der Waals surface area contributed by atoms with Crippen LogP contribution in [0.3, 0.4) is 0 Å². The summed E-state index contributed by atoms with van der Waals surface area (Å²) in [5.41, 5.74) is 0. The van der Waals surface area contributed by atoms with Crippen LogP contribution in [0.25, 0.3) is 0 Å². The summed E-state index contributed by atoms with van der Waals surface area (Å²) >= 11 is 0. The summed E-state index contributed by atoms with van der Waals surface area (Å²) < 4.78 is 12.8. The average Bonchev–Trinajstić information content (AvgIpc) is 3.03. The van der Waals surface area contributed by atoms with Gasteiger partial charge in [-0.15, -0.1) is 10.2 Å². The Bertz CT molecular complexity index is 577. The molecule has 3 heterocycles. The number of morpholine rings is 1. The van der Waals surface area contributed by atoms with Gasteiger partial charge in [-0.1, -0.05) is 13.3 Å². The maximum atomic E-state index is 12.1. The number of carbonyl (C=O) groups excluding carboxylic acids is 1. The number of hydrogen-bond donors (Lipinski definition) is 0. The quantitative estimate of drug-likeness (QED) is 0.716. The van der Waals surface area contributed by atoms with E-state index in [1.54, 1.807) is 0 Å². The highest BCUT2D eigenvalue weighted by atomic mass is 16.6. The molecule has 0 N–H and O–H groups in total. The highest BCUT2D eigenvalue weighted by Crippen LogP contribution is 2.27. The molecule has 8 nitrogen and oxygen atoms in total. The number of hydrogen-bond acceptors (Lipinski definition) is 6. The second-order valence-electron chi connectivity index (χ2n) is 7.15. The fourth-order valence-electron chi connectivity index (χ4n) is 3.54. The van der Waals surface area contributed by atoms with Gasteiger partial charge in [0.15, 0.2) is 0 Å². The van der Waals surface area contributed by atoms with E-state index in [1.807, 2.05) is 4.90 Å². The topological polar surface area (TPSA) is 72.7 Å². The number of amides is 1. The first-order chi connectivity index (χ1) is 12.7. The molecular formula is C18H31N5O3. The van der Waals surface area contributed by atoms with Gasteiger partial charge in [0.25, 0.3) is 0 Å². The van der Waals surface area contributed by atoms with Crippen LogP contribution in [-0.2, 0) is 23.1 Å². The molecule has 2 aliphatic rings. The lowest BCUT2D eigenvalue weighted by Gasteiger charge is -2.31. The molecule has 2 aliphatic heterocycles. The van der Waals surface area contributed by atoms with Crippen molar-refractivity contribution in [3.63, 3.8) is 0 Å². The summed E-state index contributed by atoms with van der Waals surface area (Å²) in [6.45, 7) is 8.34. The van der Waals surface area contributed by atoms with E-state index in [0.29, 0.717) is 12.5 Å². The zero-order valence-corrected chi connectivity index (χ0v) is 16.0. The Balaban J connectivity index is 1.50. The maximum absolute atomic E-state index is 12.1. The summed E-state index contributed by atoms with van der Waals surface area (Å²) in [5.74, 6) is 2.39. The summed E-state index contributed by atoms with van der Waals surface area (Å²) in [6.07, 6.45) is 3.60. The molecule has 0 saturated carbocycles. The third kappa shape index (κ3) is 4.73. The van der Waals surface area contributed by atoms with Crippen molar-refractivity contribution < 1.29 is 14.3 Å². The molecule has 8 heteroatoms. The Labute approximate surface area is 155 Å². The van der Waals surface area contributed by atoms with E-state index in [1.165, 1.54) is 0 Å². The van der Waals surface area contributed by atoms with Crippen LogP contribution in [0, 0.1) is 0 Å². The van der Waals surface area contributed by atoms with E-state index in [2.05, 4.69) is 33.6 Å². The van der Waals surface area contributed by atoms with Crippen LogP contribution in [0.4, 0.5) is 4.79 Å². The molecule has 0 atom stereocenters. The van der Waals surface area contributed by atoms with Crippen molar-refractivity contribution in [3.05, 3.63) is 11.6 Å². The number of nitrogens with zero attached hydrogens (tertiary/aromatic N) is 5. The van der Waals surface area contributed by atoms with Gasteiger partial charge in [0.2, 0.25) is 0 Å². The predicted molar refractivity (Wildman–Crippen MR) is 96.9 cm³/mol. The molecule has 26 heavy (non-hydrogen) atoms. The van der Waals surface area contributed by atoms with Crippen LogP contribution in [0.5, 0.6) is 0 Å². The van der Waals surface area contributed by atoms with Crippen molar-refractivity contribution in [3.8, 4) is 0 Å². The molecule has 0 spiro atoms. The molecule has 0 aromatic carbocycles. The number of rotatable bonds is 6. The Morgan fingerprint density at radius 2 is 1.92 bits per heavy atom. The fraction of sp³-hybridized carbons (Fsp3) is 0.833. The summed E-state index contributed by atoms with van der Waals surface area (Å²) in [4.78, 5) is 16.2.